The summed E-state index contributed by atoms with van der Waals surface area (Å²) in [5.74, 6) is -0.101. The molecule has 0 saturated heterocycles. The second-order valence-corrected chi connectivity index (χ2v) is 2.88. The molecule has 0 aromatic heterocycles. The normalized spacial score (nSPS) is 11.5. The molecule has 0 saturated carbocycles. The van der Waals surface area contributed by atoms with Crippen LogP contribution >= 0.6 is 0 Å². The number of hydrogen-bond acceptors (Lipinski definition) is 3. The van der Waals surface area contributed by atoms with Crippen LogP contribution in [0.2, 0.25) is 0 Å². The number of hydrogen-bond donors (Lipinski definition) is 3. The molecular formula is C8H15N3O3. The first-order valence-corrected chi connectivity index (χ1v) is 4.31. The molecule has 0 bridgehead atoms. The highest BCUT2D eigenvalue weighted by Gasteiger charge is 2.11. The Morgan fingerprint density at radius 1 is 1.50 bits per heavy atom. The summed E-state index contributed by atoms with van der Waals surface area (Å²) in [6.07, 6.45) is 1.58. The minimum Gasteiger partial charge on any atom is -0.352 e. The van der Waals surface area contributed by atoms with Gasteiger partial charge in [0, 0.05) is 6.54 Å². The number of nitrogens with one attached hydrogen (secondary N) is 2. The maximum Gasteiger partial charge on any atom is 0.312 e. The van der Waals surface area contributed by atoms with E-state index in [-0.39, 0.29) is 5.78 Å². The van der Waals surface area contributed by atoms with Crippen LogP contribution in [-0.4, -0.2) is 30.8 Å². The summed E-state index contributed by atoms with van der Waals surface area (Å²) < 4.78 is 0. The molecule has 80 valence electrons. The van der Waals surface area contributed by atoms with E-state index in [1.807, 2.05) is 0 Å². The minimum atomic E-state index is -0.590. The van der Waals surface area contributed by atoms with E-state index in [0.717, 1.165) is 0 Å². The lowest BCUT2D eigenvalue weighted by molar-refractivity contribution is -0.122. The third-order valence-electron chi connectivity index (χ3n) is 1.73. The van der Waals surface area contributed by atoms with Crippen LogP contribution in [0.15, 0.2) is 0 Å². The summed E-state index contributed by atoms with van der Waals surface area (Å²) in [6.45, 7) is 1.81. The van der Waals surface area contributed by atoms with Crippen molar-refractivity contribution in [1.82, 2.24) is 10.6 Å². The number of ketones is 1. The molecule has 4 N–H and O–H groups in total. The Morgan fingerprint density at radius 2 is 2.14 bits per heavy atom. The summed E-state index contributed by atoms with van der Waals surface area (Å²) in [6, 6.07) is -1.06. The Balaban J connectivity index is 3.66. The van der Waals surface area contributed by atoms with E-state index < -0.39 is 12.1 Å². The van der Waals surface area contributed by atoms with E-state index in [2.05, 4.69) is 10.6 Å². The molecule has 3 amide bonds. The molecule has 0 heterocycles. The van der Waals surface area contributed by atoms with Gasteiger partial charge in [-0.15, -0.1) is 0 Å². The standard InChI is InChI=1S/C8H15N3O3/c1-6(13)7(11-5-12)3-2-4-10-8(9)14/h5,7H,2-4H2,1H3,(H,11,12)(H3,9,10,14)/t7-/m0/s1. The third-order valence-corrected chi connectivity index (χ3v) is 1.73. The van der Waals surface area contributed by atoms with Gasteiger partial charge in [0.05, 0.1) is 6.04 Å². The fourth-order valence-electron chi connectivity index (χ4n) is 1.00. The van der Waals surface area contributed by atoms with Crippen molar-refractivity contribution in [2.75, 3.05) is 6.54 Å². The molecule has 14 heavy (non-hydrogen) atoms. The molecular weight excluding hydrogens is 186 g/mol. The van der Waals surface area contributed by atoms with Crippen molar-refractivity contribution in [3.05, 3.63) is 0 Å². The zero-order valence-electron chi connectivity index (χ0n) is 8.08. The molecule has 0 radical (unpaired) electrons. The van der Waals surface area contributed by atoms with Crippen LogP contribution in [0.3, 0.4) is 0 Å². The predicted octanol–water partition coefficient (Wildman–Crippen LogP) is -0.861. The number of nitrogens with two attached hydrogens (primary N) is 1. The van der Waals surface area contributed by atoms with Gasteiger partial charge in [0.2, 0.25) is 6.41 Å². The molecule has 0 aliphatic heterocycles. The first-order valence-electron chi connectivity index (χ1n) is 4.31. The monoisotopic (exact) mass is 201 g/mol. The van der Waals surface area contributed by atoms with Crippen molar-refractivity contribution in [2.45, 2.75) is 25.8 Å². The van der Waals surface area contributed by atoms with Gasteiger partial charge in [-0.3, -0.25) is 9.59 Å². The molecule has 0 aromatic rings. The highest BCUT2D eigenvalue weighted by atomic mass is 16.2. The maximum absolute atomic E-state index is 10.9. The molecule has 0 unspecified atom stereocenters. The van der Waals surface area contributed by atoms with Crippen molar-refractivity contribution < 1.29 is 14.4 Å². The van der Waals surface area contributed by atoms with Gasteiger partial charge < -0.3 is 16.4 Å². The third kappa shape index (κ3) is 5.99. The van der Waals surface area contributed by atoms with Crippen molar-refractivity contribution >= 4 is 18.2 Å². The van der Waals surface area contributed by atoms with E-state index >= 15 is 0 Å². The van der Waals surface area contributed by atoms with E-state index in [1.165, 1.54) is 6.92 Å². The molecule has 0 spiro atoms. The van der Waals surface area contributed by atoms with Crippen molar-refractivity contribution in [1.29, 1.82) is 0 Å². The Hall–Kier alpha value is -1.59. The molecule has 0 aromatic carbocycles. The number of rotatable bonds is 7. The first kappa shape index (κ1) is 12.4. The van der Waals surface area contributed by atoms with Gasteiger partial charge in [-0.25, -0.2) is 4.79 Å². The predicted molar refractivity (Wildman–Crippen MR) is 50.5 cm³/mol. The lowest BCUT2D eigenvalue weighted by Crippen LogP contribution is -2.36. The van der Waals surface area contributed by atoms with Crippen molar-refractivity contribution in [3.8, 4) is 0 Å². The summed E-state index contributed by atoms with van der Waals surface area (Å²) in [4.78, 5) is 31.3. The number of primary amides is 1. The zero-order valence-corrected chi connectivity index (χ0v) is 8.08. The number of amides is 3. The highest BCUT2D eigenvalue weighted by molar-refractivity contribution is 5.83. The first-order chi connectivity index (χ1) is 6.57. The molecule has 0 aliphatic rings. The molecule has 0 aliphatic carbocycles. The fraction of sp³-hybridized carbons (Fsp3) is 0.625. The summed E-state index contributed by atoms with van der Waals surface area (Å²) in [5.41, 5.74) is 4.84. The second kappa shape index (κ2) is 6.88. The van der Waals surface area contributed by atoms with E-state index in [0.29, 0.717) is 25.8 Å². The molecule has 0 rings (SSSR count). The molecule has 0 fully saturated rings. The van der Waals surface area contributed by atoms with E-state index in [4.69, 9.17) is 5.73 Å². The Kier molecular flexibility index (Phi) is 6.09. The Bertz CT molecular complexity index is 218. The van der Waals surface area contributed by atoms with Crippen molar-refractivity contribution in [2.24, 2.45) is 5.73 Å². The zero-order chi connectivity index (χ0) is 11.0. The quantitative estimate of drug-likeness (QED) is 0.369. The highest BCUT2D eigenvalue weighted by Crippen LogP contribution is 1.96. The fourth-order valence-corrected chi connectivity index (χ4v) is 1.00. The summed E-state index contributed by atoms with van der Waals surface area (Å²) in [7, 11) is 0. The van der Waals surface area contributed by atoms with Gasteiger partial charge in [0.1, 0.15) is 0 Å². The van der Waals surface area contributed by atoms with Gasteiger partial charge >= 0.3 is 6.03 Å². The van der Waals surface area contributed by atoms with Crippen LogP contribution in [0.1, 0.15) is 19.8 Å². The van der Waals surface area contributed by atoms with E-state index in [1.54, 1.807) is 0 Å². The Labute approximate surface area is 82.2 Å². The number of Topliss-reactive ketones (excluding diaryl/α,β-unsaturated/α-hetero) is 1. The summed E-state index contributed by atoms with van der Waals surface area (Å²) in [5, 5.41) is 4.79. The second-order valence-electron chi connectivity index (χ2n) is 2.88. The number of carbonyl (C=O) groups is 3. The van der Waals surface area contributed by atoms with Crippen LogP contribution in [0.4, 0.5) is 4.79 Å². The number of carbonyl (C=O) groups excluding carboxylic acids is 3. The smallest absolute Gasteiger partial charge is 0.312 e. The lowest BCUT2D eigenvalue weighted by atomic mass is 10.1. The minimum absolute atomic E-state index is 0.101. The van der Waals surface area contributed by atoms with Crippen LogP contribution in [-0.2, 0) is 9.59 Å². The maximum atomic E-state index is 10.9. The molecule has 6 heteroatoms. The topological polar surface area (TPSA) is 101 Å². The van der Waals surface area contributed by atoms with Crippen LogP contribution in [0.5, 0.6) is 0 Å². The molecule has 1 atom stereocenters. The Morgan fingerprint density at radius 3 is 2.57 bits per heavy atom. The SMILES string of the molecule is CC(=O)[C@H](CCCNC(N)=O)NC=O. The van der Waals surface area contributed by atoms with Gasteiger partial charge in [0.15, 0.2) is 5.78 Å². The van der Waals surface area contributed by atoms with Crippen LogP contribution in [0, 0.1) is 0 Å². The van der Waals surface area contributed by atoms with Gasteiger partial charge in [0.25, 0.3) is 0 Å². The number of urea groups is 1. The van der Waals surface area contributed by atoms with Gasteiger partial charge in [-0.2, -0.15) is 0 Å². The molecule has 6 nitrogen and oxygen atoms in total. The lowest BCUT2D eigenvalue weighted by Gasteiger charge is -2.11. The van der Waals surface area contributed by atoms with E-state index in [9.17, 15) is 14.4 Å². The van der Waals surface area contributed by atoms with Crippen molar-refractivity contribution in [3.63, 3.8) is 0 Å². The van der Waals surface area contributed by atoms with Crippen LogP contribution in [0.25, 0.3) is 0 Å². The average molecular weight is 201 g/mol. The largest absolute Gasteiger partial charge is 0.352 e. The van der Waals surface area contributed by atoms with Gasteiger partial charge in [-0.05, 0) is 19.8 Å². The van der Waals surface area contributed by atoms with Gasteiger partial charge in [-0.1, -0.05) is 0 Å². The summed E-state index contributed by atoms with van der Waals surface area (Å²) >= 11 is 0. The van der Waals surface area contributed by atoms with Crippen LogP contribution < -0.4 is 16.4 Å². The average Bonchev–Trinajstić information content (AvgIpc) is 2.09.